The Kier molecular flexibility index (Phi) is 5.77. The Labute approximate surface area is 219 Å². The molecule has 0 fully saturated rings. The minimum Gasteiger partial charge on any atom is -0.388 e. The van der Waals surface area contributed by atoms with Crippen LogP contribution in [0.4, 0.5) is 11.4 Å². The predicted octanol–water partition coefficient (Wildman–Crippen LogP) is 6.52. The second kappa shape index (κ2) is 9.56. The Morgan fingerprint density at radius 1 is 0.564 bits per heavy atom. The summed E-state index contributed by atoms with van der Waals surface area (Å²) in [6.07, 6.45) is 2.10. The number of aromatic nitrogens is 4. The van der Waals surface area contributed by atoms with Crippen molar-refractivity contribution in [3.63, 3.8) is 0 Å². The maximum absolute atomic E-state index is 11.8. The lowest BCUT2D eigenvalue weighted by molar-refractivity contribution is -0.384. The number of nitrogens with zero attached hydrogens (tertiary/aromatic N) is 6. The summed E-state index contributed by atoms with van der Waals surface area (Å²) in [6.45, 7) is 0. The molecular weight excluding hydrogens is 500 g/mol. The van der Waals surface area contributed by atoms with Crippen LogP contribution in [-0.4, -0.2) is 29.8 Å². The van der Waals surface area contributed by atoms with Gasteiger partial charge in [-0.3, -0.25) is 20.2 Å². The van der Waals surface area contributed by atoms with E-state index >= 15 is 0 Å². The number of rotatable bonds is 6. The van der Waals surface area contributed by atoms with Crippen LogP contribution in [0.15, 0.2) is 97.3 Å². The minimum atomic E-state index is -0.568. The highest BCUT2D eigenvalue weighted by molar-refractivity contribution is 5.98. The molecule has 0 bridgehead atoms. The third kappa shape index (κ3) is 4.33. The van der Waals surface area contributed by atoms with Crippen molar-refractivity contribution in [1.29, 1.82) is 0 Å². The molecule has 11 nitrogen and oxygen atoms in total. The molecule has 6 rings (SSSR count). The normalized spacial score (nSPS) is 11.0. The molecule has 188 valence electrons. The zero-order valence-corrected chi connectivity index (χ0v) is 20.0. The Hall–Kier alpha value is -5.84. The third-order valence-electron chi connectivity index (χ3n) is 6.16. The molecule has 0 saturated heterocycles. The van der Waals surface area contributed by atoms with Gasteiger partial charge >= 0.3 is 23.4 Å². The van der Waals surface area contributed by atoms with E-state index in [0.717, 1.165) is 33.9 Å². The van der Waals surface area contributed by atoms with Crippen molar-refractivity contribution in [1.82, 2.24) is 19.9 Å². The zero-order valence-electron chi connectivity index (χ0n) is 20.0. The van der Waals surface area contributed by atoms with Gasteiger partial charge in [-0.25, -0.2) is 0 Å². The molecular formula is C28H16N6O5. The highest BCUT2D eigenvalue weighted by atomic mass is 16.6. The average molecular weight is 516 g/mol. The molecule has 0 aliphatic rings. The molecule has 6 aromatic rings. The van der Waals surface area contributed by atoms with E-state index in [2.05, 4.69) is 19.9 Å². The van der Waals surface area contributed by atoms with Crippen molar-refractivity contribution < 1.29 is 14.6 Å². The Balaban J connectivity index is 1.46. The van der Waals surface area contributed by atoms with Crippen LogP contribution < -0.4 is 4.74 Å². The minimum absolute atomic E-state index is 0.0537. The number of hydrogen-bond acceptors (Lipinski definition) is 9. The molecule has 0 saturated carbocycles. The molecule has 0 aliphatic carbocycles. The van der Waals surface area contributed by atoms with Gasteiger partial charge in [-0.2, -0.15) is 19.9 Å². The first-order valence-corrected chi connectivity index (χ1v) is 11.7. The van der Waals surface area contributed by atoms with Gasteiger partial charge in [-0.05, 0) is 21.5 Å². The summed E-state index contributed by atoms with van der Waals surface area (Å²) in [7, 11) is 0. The van der Waals surface area contributed by atoms with Gasteiger partial charge in [-0.1, -0.05) is 84.9 Å². The van der Waals surface area contributed by atoms with Crippen molar-refractivity contribution in [3.8, 4) is 34.5 Å². The lowest BCUT2D eigenvalue weighted by Crippen LogP contribution is -2.03. The van der Waals surface area contributed by atoms with Crippen LogP contribution in [0, 0.1) is 20.2 Å². The molecule has 0 atom stereocenters. The van der Waals surface area contributed by atoms with E-state index in [1.165, 1.54) is 0 Å². The van der Waals surface area contributed by atoms with Gasteiger partial charge < -0.3 is 4.74 Å². The van der Waals surface area contributed by atoms with E-state index in [-0.39, 0.29) is 34.8 Å². The first kappa shape index (κ1) is 23.6. The van der Waals surface area contributed by atoms with E-state index in [1.807, 2.05) is 60.7 Å². The Morgan fingerprint density at radius 3 is 1.41 bits per heavy atom. The number of ether oxygens (including phenoxy) is 1. The quantitative estimate of drug-likeness (QED) is 0.178. The summed E-state index contributed by atoms with van der Waals surface area (Å²) >= 11 is 0. The molecule has 2 heterocycles. The number of hydrogen-bond donors (Lipinski definition) is 0. The summed E-state index contributed by atoms with van der Waals surface area (Å²) in [6, 6.07) is 25.2. The van der Waals surface area contributed by atoms with Crippen molar-refractivity contribution in [2.75, 3.05) is 0 Å². The monoisotopic (exact) mass is 516 g/mol. The van der Waals surface area contributed by atoms with E-state index in [9.17, 15) is 20.2 Å². The van der Waals surface area contributed by atoms with Crippen molar-refractivity contribution in [3.05, 3.63) is 118 Å². The molecule has 0 spiro atoms. The van der Waals surface area contributed by atoms with E-state index in [1.54, 1.807) is 24.3 Å². The summed E-state index contributed by atoms with van der Waals surface area (Å²) in [5.41, 5.74) is 0.539. The second-order valence-electron chi connectivity index (χ2n) is 8.44. The average Bonchev–Trinajstić information content (AvgIpc) is 2.96. The molecule has 2 aromatic heterocycles. The van der Waals surface area contributed by atoms with Gasteiger partial charge in [0.15, 0.2) is 11.4 Å². The van der Waals surface area contributed by atoms with Crippen LogP contribution >= 0.6 is 0 Å². The number of nitro groups is 2. The molecule has 0 unspecified atom stereocenters. The second-order valence-corrected chi connectivity index (χ2v) is 8.44. The number of fused-ring (bicyclic) bond motifs is 2. The molecule has 0 aliphatic heterocycles. The summed E-state index contributed by atoms with van der Waals surface area (Å²) in [5.74, 6) is 0. The fraction of sp³-hybridized carbons (Fsp3) is 0. The van der Waals surface area contributed by atoms with Crippen LogP contribution in [-0.2, 0) is 0 Å². The Morgan fingerprint density at radius 2 is 0.974 bits per heavy atom. The van der Waals surface area contributed by atoms with Gasteiger partial charge in [0.2, 0.25) is 0 Å². The molecule has 11 heteroatoms. The molecule has 0 radical (unpaired) electrons. The van der Waals surface area contributed by atoms with E-state index in [4.69, 9.17) is 4.74 Å². The van der Waals surface area contributed by atoms with E-state index in [0.29, 0.717) is 11.1 Å². The fourth-order valence-corrected chi connectivity index (χ4v) is 4.43. The highest BCUT2D eigenvalue weighted by Gasteiger charge is 2.24. The fourth-order valence-electron chi connectivity index (χ4n) is 4.43. The van der Waals surface area contributed by atoms with Gasteiger partial charge in [0.25, 0.3) is 0 Å². The molecule has 39 heavy (non-hydrogen) atoms. The summed E-state index contributed by atoms with van der Waals surface area (Å²) in [4.78, 5) is 39.1. The van der Waals surface area contributed by atoms with Crippen LogP contribution in [0.5, 0.6) is 12.0 Å². The van der Waals surface area contributed by atoms with Crippen LogP contribution in [0.25, 0.3) is 44.1 Å². The van der Waals surface area contributed by atoms with Crippen LogP contribution in [0.1, 0.15) is 0 Å². The molecule has 0 amide bonds. The predicted molar refractivity (Wildman–Crippen MR) is 143 cm³/mol. The lowest BCUT2D eigenvalue weighted by Gasteiger charge is -2.10. The lowest BCUT2D eigenvalue weighted by atomic mass is 10.0. The first-order chi connectivity index (χ1) is 19.0. The summed E-state index contributed by atoms with van der Waals surface area (Å²) in [5, 5.41) is 26.9. The maximum Gasteiger partial charge on any atom is 0.325 e. The SMILES string of the molecule is O=[N+]([O-])c1cnc(Oc2ncc([N+](=O)[O-])c(-c3cccc4ccccc34)n2)nc1-c1cccc2ccccc12. The van der Waals surface area contributed by atoms with Crippen molar-refractivity contribution >= 4 is 32.9 Å². The maximum atomic E-state index is 11.8. The van der Waals surface area contributed by atoms with Crippen molar-refractivity contribution in [2.24, 2.45) is 0 Å². The first-order valence-electron chi connectivity index (χ1n) is 11.7. The van der Waals surface area contributed by atoms with Gasteiger partial charge in [0.1, 0.15) is 12.4 Å². The Bertz CT molecular complexity index is 1780. The summed E-state index contributed by atoms with van der Waals surface area (Å²) < 4.78 is 5.71. The number of benzene rings is 4. The largest absolute Gasteiger partial charge is 0.388 e. The smallest absolute Gasteiger partial charge is 0.325 e. The van der Waals surface area contributed by atoms with Crippen LogP contribution in [0.3, 0.4) is 0 Å². The van der Waals surface area contributed by atoms with Crippen molar-refractivity contribution in [2.45, 2.75) is 0 Å². The van der Waals surface area contributed by atoms with E-state index < -0.39 is 9.85 Å². The van der Waals surface area contributed by atoms with Gasteiger partial charge in [-0.15, -0.1) is 0 Å². The highest BCUT2D eigenvalue weighted by Crippen LogP contribution is 2.36. The zero-order chi connectivity index (χ0) is 26.9. The van der Waals surface area contributed by atoms with Gasteiger partial charge in [0.05, 0.1) is 9.85 Å². The molecule has 4 aromatic carbocycles. The topological polar surface area (TPSA) is 147 Å². The standard InChI is InChI=1S/C28H16N6O5/c35-33(36)23-15-29-27(31-25(23)21-13-5-9-17-7-1-3-11-19(17)21)39-28-30-16-24(34(37)38)26(32-28)22-14-6-10-18-8-2-4-12-20(18)22/h1-16H. The van der Waals surface area contributed by atoms with Crippen LogP contribution in [0.2, 0.25) is 0 Å². The molecule has 0 N–H and O–H groups in total. The third-order valence-corrected chi connectivity index (χ3v) is 6.16. The van der Waals surface area contributed by atoms with Gasteiger partial charge in [0, 0.05) is 11.1 Å².